The highest BCUT2D eigenvalue weighted by molar-refractivity contribution is 5.80. The van der Waals surface area contributed by atoms with Crippen molar-refractivity contribution in [3.05, 3.63) is 36.3 Å². The van der Waals surface area contributed by atoms with Crippen molar-refractivity contribution in [1.82, 2.24) is 9.47 Å². The Balaban J connectivity index is 1.92. The molecule has 0 amide bonds. The lowest BCUT2D eigenvalue weighted by molar-refractivity contribution is 0.131. The molecule has 3 rings (SSSR count). The van der Waals surface area contributed by atoms with E-state index in [1.54, 1.807) is 12.1 Å². The lowest BCUT2D eigenvalue weighted by Crippen LogP contribution is -2.41. The van der Waals surface area contributed by atoms with Crippen LogP contribution in [0.4, 0.5) is 4.39 Å². The number of halogens is 1. The van der Waals surface area contributed by atoms with Crippen LogP contribution in [0.3, 0.4) is 0 Å². The first-order chi connectivity index (χ1) is 8.16. The third-order valence-electron chi connectivity index (χ3n) is 3.90. The maximum atomic E-state index is 13.8. The topological polar surface area (TPSA) is 8.17 Å². The average molecular weight is 232 g/mol. The molecular weight excluding hydrogens is 215 g/mol. The summed E-state index contributed by atoms with van der Waals surface area (Å²) in [6, 6.07) is 8.38. The molecule has 0 N–H and O–H groups in total. The Labute approximate surface area is 101 Å². The van der Waals surface area contributed by atoms with E-state index in [0.717, 1.165) is 23.7 Å². The molecule has 1 aliphatic rings. The third-order valence-corrected chi connectivity index (χ3v) is 3.90. The fraction of sp³-hybridized carbons (Fsp3) is 0.429. The molecular formula is C14H17FN2. The number of rotatable bonds is 2. The van der Waals surface area contributed by atoms with E-state index in [1.165, 1.54) is 0 Å². The van der Waals surface area contributed by atoms with E-state index in [9.17, 15) is 4.39 Å². The zero-order valence-electron chi connectivity index (χ0n) is 10.2. The molecule has 17 heavy (non-hydrogen) atoms. The van der Waals surface area contributed by atoms with Crippen LogP contribution in [-0.4, -0.2) is 29.6 Å². The highest BCUT2D eigenvalue weighted by atomic mass is 19.1. The molecule has 0 spiro atoms. The number of benzene rings is 1. The summed E-state index contributed by atoms with van der Waals surface area (Å²) in [5, 5.41) is 0.998. The maximum Gasteiger partial charge on any atom is 0.147 e. The Morgan fingerprint density at radius 2 is 2.00 bits per heavy atom. The van der Waals surface area contributed by atoms with Gasteiger partial charge in [0, 0.05) is 23.7 Å². The van der Waals surface area contributed by atoms with E-state index in [-0.39, 0.29) is 5.82 Å². The van der Waals surface area contributed by atoms with Gasteiger partial charge in [0.25, 0.3) is 0 Å². The van der Waals surface area contributed by atoms with Crippen LogP contribution in [0.5, 0.6) is 0 Å². The molecule has 0 bridgehead atoms. The Morgan fingerprint density at radius 3 is 2.71 bits per heavy atom. The van der Waals surface area contributed by atoms with Gasteiger partial charge in [-0.3, -0.25) is 0 Å². The summed E-state index contributed by atoms with van der Waals surface area (Å²) in [6.45, 7) is 0. The van der Waals surface area contributed by atoms with Crippen LogP contribution >= 0.6 is 0 Å². The van der Waals surface area contributed by atoms with E-state index in [4.69, 9.17) is 0 Å². The van der Waals surface area contributed by atoms with E-state index < -0.39 is 0 Å². The van der Waals surface area contributed by atoms with Crippen molar-refractivity contribution in [2.24, 2.45) is 0 Å². The predicted molar refractivity (Wildman–Crippen MR) is 67.6 cm³/mol. The summed E-state index contributed by atoms with van der Waals surface area (Å²) in [5.41, 5.74) is 0.759. The lowest BCUT2D eigenvalue weighted by atomic mass is 9.85. The lowest BCUT2D eigenvalue weighted by Gasteiger charge is -2.40. The predicted octanol–water partition coefficient (Wildman–Crippen LogP) is 3.05. The molecule has 1 saturated carbocycles. The Bertz CT molecular complexity index is 538. The van der Waals surface area contributed by atoms with Crippen LogP contribution < -0.4 is 0 Å². The fourth-order valence-electron chi connectivity index (χ4n) is 2.69. The van der Waals surface area contributed by atoms with Gasteiger partial charge in [-0.25, -0.2) is 4.39 Å². The molecule has 2 nitrogen and oxygen atoms in total. The molecule has 0 radical (unpaired) electrons. The molecule has 0 unspecified atom stereocenters. The van der Waals surface area contributed by atoms with Crippen LogP contribution in [0, 0.1) is 5.82 Å². The summed E-state index contributed by atoms with van der Waals surface area (Å²) in [7, 11) is 4.21. The van der Waals surface area contributed by atoms with Crippen molar-refractivity contribution >= 4 is 10.9 Å². The van der Waals surface area contributed by atoms with Crippen LogP contribution in [-0.2, 0) is 0 Å². The molecule has 1 aromatic carbocycles. The Morgan fingerprint density at radius 1 is 1.24 bits per heavy atom. The molecule has 0 aliphatic heterocycles. The highest BCUT2D eigenvalue weighted by Crippen LogP contribution is 2.37. The first kappa shape index (κ1) is 10.8. The number of fused-ring (bicyclic) bond motifs is 1. The second kappa shape index (κ2) is 3.84. The molecule has 2 aromatic rings. The summed E-state index contributed by atoms with van der Waals surface area (Å²) in [5.74, 6) is -0.110. The summed E-state index contributed by atoms with van der Waals surface area (Å²) >= 11 is 0. The number of para-hydroxylation sites is 1. The normalized spacial score (nSPS) is 24.2. The van der Waals surface area contributed by atoms with Crippen molar-refractivity contribution in [2.45, 2.75) is 24.9 Å². The van der Waals surface area contributed by atoms with Crippen LogP contribution in [0.25, 0.3) is 10.9 Å². The summed E-state index contributed by atoms with van der Waals surface area (Å²) in [4.78, 5) is 2.25. The second-order valence-corrected chi connectivity index (χ2v) is 5.14. The Kier molecular flexibility index (Phi) is 2.44. The van der Waals surface area contributed by atoms with Crippen molar-refractivity contribution in [1.29, 1.82) is 0 Å². The highest BCUT2D eigenvalue weighted by Gasteiger charge is 2.32. The van der Waals surface area contributed by atoms with Gasteiger partial charge in [-0.2, -0.15) is 0 Å². The molecule has 0 saturated heterocycles. The zero-order valence-corrected chi connectivity index (χ0v) is 10.2. The maximum absolute atomic E-state index is 13.8. The number of hydrogen-bond donors (Lipinski definition) is 0. The van der Waals surface area contributed by atoms with Crippen LogP contribution in [0.1, 0.15) is 18.9 Å². The minimum atomic E-state index is -0.110. The van der Waals surface area contributed by atoms with Gasteiger partial charge in [0.05, 0.1) is 5.52 Å². The molecule has 0 atom stereocenters. The minimum Gasteiger partial charge on any atom is -0.342 e. The smallest absolute Gasteiger partial charge is 0.147 e. The van der Waals surface area contributed by atoms with Gasteiger partial charge in [-0.05, 0) is 39.1 Å². The summed E-state index contributed by atoms with van der Waals surface area (Å²) < 4.78 is 15.9. The SMILES string of the molecule is CN(C)C1CC(n2ccc3cccc(F)c32)C1. The van der Waals surface area contributed by atoms with Crippen LogP contribution in [0.15, 0.2) is 30.5 Å². The van der Waals surface area contributed by atoms with Gasteiger partial charge in [0.1, 0.15) is 5.82 Å². The van der Waals surface area contributed by atoms with Gasteiger partial charge in [-0.1, -0.05) is 12.1 Å². The first-order valence-corrected chi connectivity index (χ1v) is 6.08. The van der Waals surface area contributed by atoms with E-state index in [1.807, 2.05) is 18.3 Å². The Hall–Kier alpha value is -1.35. The van der Waals surface area contributed by atoms with E-state index in [0.29, 0.717) is 12.1 Å². The molecule has 1 fully saturated rings. The van der Waals surface area contributed by atoms with E-state index >= 15 is 0 Å². The molecule has 90 valence electrons. The molecule has 3 heteroatoms. The molecule has 1 heterocycles. The zero-order chi connectivity index (χ0) is 12.0. The quantitative estimate of drug-likeness (QED) is 0.772. The van der Waals surface area contributed by atoms with Gasteiger partial charge >= 0.3 is 0 Å². The fourth-order valence-corrected chi connectivity index (χ4v) is 2.69. The monoisotopic (exact) mass is 232 g/mol. The van der Waals surface area contributed by atoms with Gasteiger partial charge < -0.3 is 9.47 Å². The molecule has 1 aliphatic carbocycles. The van der Waals surface area contributed by atoms with Crippen molar-refractivity contribution in [3.63, 3.8) is 0 Å². The van der Waals surface area contributed by atoms with Gasteiger partial charge in [0.15, 0.2) is 0 Å². The van der Waals surface area contributed by atoms with Crippen LogP contribution in [0.2, 0.25) is 0 Å². The van der Waals surface area contributed by atoms with Crippen molar-refractivity contribution < 1.29 is 4.39 Å². The third kappa shape index (κ3) is 1.65. The minimum absolute atomic E-state index is 0.110. The average Bonchev–Trinajstić information content (AvgIpc) is 2.60. The number of nitrogens with zero attached hydrogens (tertiary/aromatic N) is 2. The molecule has 1 aromatic heterocycles. The number of aromatic nitrogens is 1. The first-order valence-electron chi connectivity index (χ1n) is 6.08. The summed E-state index contributed by atoms with van der Waals surface area (Å²) in [6.07, 6.45) is 4.25. The largest absolute Gasteiger partial charge is 0.342 e. The van der Waals surface area contributed by atoms with Crippen molar-refractivity contribution in [2.75, 3.05) is 14.1 Å². The standard InChI is InChI=1S/C14H17FN2/c1-16(2)11-8-12(9-11)17-7-6-10-4-3-5-13(15)14(10)17/h3-7,11-12H,8-9H2,1-2H3. The number of hydrogen-bond acceptors (Lipinski definition) is 1. The van der Waals surface area contributed by atoms with Gasteiger partial charge in [-0.15, -0.1) is 0 Å². The second-order valence-electron chi connectivity index (χ2n) is 5.14. The van der Waals surface area contributed by atoms with E-state index in [2.05, 4.69) is 23.6 Å². The van der Waals surface area contributed by atoms with Gasteiger partial charge in [0.2, 0.25) is 0 Å². The van der Waals surface area contributed by atoms with Crippen molar-refractivity contribution in [3.8, 4) is 0 Å².